The number of aromatic nitrogens is 3. The molecule has 0 saturated carbocycles. The van der Waals surface area contributed by atoms with Crippen molar-refractivity contribution in [1.82, 2.24) is 19.9 Å². The van der Waals surface area contributed by atoms with Gasteiger partial charge in [0.25, 0.3) is 5.91 Å². The number of rotatable bonds is 5. The summed E-state index contributed by atoms with van der Waals surface area (Å²) in [6.45, 7) is 2.52. The molecule has 0 aliphatic heterocycles. The number of pyridine rings is 1. The number of nitrogens with one attached hydrogen (secondary N) is 1. The van der Waals surface area contributed by atoms with Crippen molar-refractivity contribution in [2.24, 2.45) is 0 Å². The number of alkyl halides is 3. The summed E-state index contributed by atoms with van der Waals surface area (Å²) in [5.41, 5.74) is 2.32. The number of halogens is 3. The highest BCUT2D eigenvalue weighted by molar-refractivity contribution is 5.93. The molecular weight excluding hydrogens is 437 g/mol. The lowest BCUT2D eigenvalue weighted by molar-refractivity contribution is -0.192. The van der Waals surface area contributed by atoms with Crippen LogP contribution in [0.1, 0.15) is 44.5 Å². The molecule has 0 fully saturated rings. The maximum Gasteiger partial charge on any atom is 0.490 e. The van der Waals surface area contributed by atoms with Crippen LogP contribution in [0.5, 0.6) is 0 Å². The first kappa shape index (κ1) is 24.8. The lowest BCUT2D eigenvalue weighted by Crippen LogP contribution is -2.39. The number of aliphatic hydroxyl groups is 1. The van der Waals surface area contributed by atoms with Crippen molar-refractivity contribution in [3.8, 4) is 0 Å². The summed E-state index contributed by atoms with van der Waals surface area (Å²) in [6.07, 6.45) is -1.71. The largest absolute Gasteiger partial charge is 0.490 e. The van der Waals surface area contributed by atoms with Gasteiger partial charge in [-0.1, -0.05) is 0 Å². The topological polar surface area (TPSA) is 155 Å². The smallest absolute Gasteiger partial charge is 0.478 e. The highest BCUT2D eigenvalue weighted by atomic mass is 19.4. The molecule has 2 heterocycles. The van der Waals surface area contributed by atoms with Crippen molar-refractivity contribution in [2.75, 3.05) is 6.61 Å². The molecular formula is C19H21F3N4O6. The van der Waals surface area contributed by atoms with E-state index >= 15 is 0 Å². The number of aromatic carboxylic acids is 1. The maximum atomic E-state index is 12.3. The van der Waals surface area contributed by atoms with Gasteiger partial charge in [0, 0.05) is 30.9 Å². The summed E-state index contributed by atoms with van der Waals surface area (Å²) < 4.78 is 33.8. The standard InChI is InChI=1S/C17H20N4O4.C2HF3O2/c1-10-19-14-8-12(3-5-15(14)21(10)6-7-22)20-16(23)13-4-2-11(9-18-13)17(24)25;3-2(4,5)1(6)7/h2,4,9,12,22H,3,5-8H2,1H3,(H,20,23)(H,24,25);(H,6,7). The van der Waals surface area contributed by atoms with Gasteiger partial charge in [-0.05, 0) is 31.9 Å². The van der Waals surface area contributed by atoms with E-state index in [1.807, 2.05) is 11.5 Å². The molecule has 3 rings (SSSR count). The molecule has 2 aromatic rings. The van der Waals surface area contributed by atoms with Gasteiger partial charge in [0.15, 0.2) is 0 Å². The van der Waals surface area contributed by atoms with Gasteiger partial charge in [-0.2, -0.15) is 13.2 Å². The quantitative estimate of drug-likeness (QED) is 0.521. The van der Waals surface area contributed by atoms with Gasteiger partial charge in [0.1, 0.15) is 11.5 Å². The Balaban J connectivity index is 0.000000451. The number of aliphatic carboxylic acids is 1. The zero-order chi connectivity index (χ0) is 24.1. The summed E-state index contributed by atoms with van der Waals surface area (Å²) in [7, 11) is 0. The molecule has 32 heavy (non-hydrogen) atoms. The van der Waals surface area contributed by atoms with Crippen molar-refractivity contribution >= 4 is 17.8 Å². The Bertz CT molecular complexity index is 988. The SMILES string of the molecule is Cc1nc2c(n1CCO)CCC(NC(=O)c1ccc(C(=O)O)cn1)C2.O=C(O)C(F)(F)F. The zero-order valence-electron chi connectivity index (χ0n) is 16.9. The summed E-state index contributed by atoms with van der Waals surface area (Å²) in [5, 5.41) is 28.1. The predicted molar refractivity (Wildman–Crippen MR) is 102 cm³/mol. The summed E-state index contributed by atoms with van der Waals surface area (Å²) in [5.74, 6) is -3.28. The molecule has 0 saturated heterocycles. The highest BCUT2D eigenvalue weighted by Gasteiger charge is 2.38. The average Bonchev–Trinajstić information content (AvgIpc) is 3.02. The van der Waals surface area contributed by atoms with E-state index in [1.165, 1.54) is 18.3 Å². The van der Waals surface area contributed by atoms with E-state index in [4.69, 9.17) is 20.1 Å². The van der Waals surface area contributed by atoms with Gasteiger partial charge >= 0.3 is 18.1 Å². The van der Waals surface area contributed by atoms with Crippen LogP contribution in [0.15, 0.2) is 18.3 Å². The monoisotopic (exact) mass is 458 g/mol. The van der Waals surface area contributed by atoms with E-state index in [-0.39, 0.29) is 29.8 Å². The maximum absolute atomic E-state index is 12.3. The second-order valence-corrected chi connectivity index (χ2v) is 6.88. The van der Waals surface area contributed by atoms with Gasteiger partial charge in [-0.3, -0.25) is 9.78 Å². The minimum Gasteiger partial charge on any atom is -0.478 e. The number of hydrogen-bond acceptors (Lipinski definition) is 6. The molecule has 1 amide bonds. The zero-order valence-corrected chi connectivity index (χ0v) is 16.9. The number of carboxylic acids is 2. The molecule has 0 aromatic carbocycles. The molecule has 13 heteroatoms. The number of nitrogens with zero attached hydrogens (tertiary/aromatic N) is 3. The Morgan fingerprint density at radius 2 is 1.91 bits per heavy atom. The van der Waals surface area contributed by atoms with E-state index in [0.717, 1.165) is 30.1 Å². The number of carbonyl (C=O) groups is 3. The first-order valence-corrected chi connectivity index (χ1v) is 9.40. The third kappa shape index (κ3) is 6.26. The Morgan fingerprint density at radius 1 is 1.25 bits per heavy atom. The minimum atomic E-state index is -5.08. The summed E-state index contributed by atoms with van der Waals surface area (Å²) in [6, 6.07) is 2.73. The number of fused-ring (bicyclic) bond motifs is 1. The minimum absolute atomic E-state index is 0.0437. The van der Waals surface area contributed by atoms with Crippen LogP contribution in [-0.4, -0.2) is 66.5 Å². The van der Waals surface area contributed by atoms with Gasteiger partial charge < -0.3 is 25.2 Å². The fourth-order valence-electron chi connectivity index (χ4n) is 3.19. The molecule has 0 radical (unpaired) electrons. The molecule has 4 N–H and O–H groups in total. The van der Waals surface area contributed by atoms with Crippen LogP contribution in [0.4, 0.5) is 13.2 Å². The number of hydrogen-bond donors (Lipinski definition) is 4. The molecule has 0 spiro atoms. The van der Waals surface area contributed by atoms with Crippen LogP contribution in [0.25, 0.3) is 0 Å². The fraction of sp³-hybridized carbons (Fsp3) is 0.421. The van der Waals surface area contributed by atoms with Crippen molar-refractivity contribution in [3.05, 3.63) is 46.8 Å². The second kappa shape index (κ2) is 10.2. The summed E-state index contributed by atoms with van der Waals surface area (Å²) >= 11 is 0. The predicted octanol–water partition coefficient (Wildman–Crippen LogP) is 1.20. The molecule has 1 atom stereocenters. The lowest BCUT2D eigenvalue weighted by atomic mass is 9.95. The molecule has 1 aliphatic rings. The Labute approximate surface area is 179 Å². The first-order valence-electron chi connectivity index (χ1n) is 9.40. The third-order valence-corrected chi connectivity index (χ3v) is 4.66. The number of aryl methyl sites for hydroxylation is 1. The number of amides is 1. The van der Waals surface area contributed by atoms with Gasteiger partial charge in [0.05, 0.1) is 17.9 Å². The second-order valence-electron chi connectivity index (χ2n) is 6.88. The van der Waals surface area contributed by atoms with Crippen LogP contribution < -0.4 is 5.32 Å². The van der Waals surface area contributed by atoms with Gasteiger partial charge in [0.2, 0.25) is 0 Å². The average molecular weight is 458 g/mol. The van der Waals surface area contributed by atoms with Crippen molar-refractivity contribution in [1.29, 1.82) is 0 Å². The van der Waals surface area contributed by atoms with E-state index in [0.29, 0.717) is 13.0 Å². The third-order valence-electron chi connectivity index (χ3n) is 4.66. The number of aliphatic hydroxyl groups excluding tert-OH is 1. The van der Waals surface area contributed by atoms with E-state index in [9.17, 15) is 22.8 Å². The van der Waals surface area contributed by atoms with Crippen LogP contribution in [-0.2, 0) is 24.2 Å². The van der Waals surface area contributed by atoms with E-state index in [1.54, 1.807) is 0 Å². The summed E-state index contributed by atoms with van der Waals surface area (Å²) in [4.78, 5) is 40.5. The first-order chi connectivity index (χ1) is 14.9. The van der Waals surface area contributed by atoms with Crippen molar-refractivity contribution in [2.45, 2.75) is 44.9 Å². The lowest BCUT2D eigenvalue weighted by Gasteiger charge is -2.23. The van der Waals surface area contributed by atoms with Crippen LogP contribution in [0, 0.1) is 6.92 Å². The van der Waals surface area contributed by atoms with E-state index in [2.05, 4.69) is 15.3 Å². The Morgan fingerprint density at radius 3 is 2.41 bits per heavy atom. The molecule has 1 aliphatic carbocycles. The highest BCUT2D eigenvalue weighted by Crippen LogP contribution is 2.22. The Hall–Kier alpha value is -3.48. The molecule has 174 valence electrons. The number of carbonyl (C=O) groups excluding carboxylic acids is 1. The molecule has 2 aromatic heterocycles. The van der Waals surface area contributed by atoms with Crippen molar-refractivity contribution < 1.29 is 42.9 Å². The van der Waals surface area contributed by atoms with Crippen LogP contribution >= 0.6 is 0 Å². The fourth-order valence-corrected chi connectivity index (χ4v) is 3.19. The normalized spacial score (nSPS) is 15.2. The van der Waals surface area contributed by atoms with Crippen LogP contribution in [0.2, 0.25) is 0 Å². The van der Waals surface area contributed by atoms with Crippen LogP contribution in [0.3, 0.4) is 0 Å². The molecule has 0 bridgehead atoms. The molecule has 10 nitrogen and oxygen atoms in total. The van der Waals surface area contributed by atoms with Gasteiger partial charge in [-0.15, -0.1) is 0 Å². The number of imidazole rings is 1. The molecule has 1 unspecified atom stereocenters. The van der Waals surface area contributed by atoms with E-state index < -0.39 is 18.1 Å². The van der Waals surface area contributed by atoms with Gasteiger partial charge in [-0.25, -0.2) is 14.6 Å². The van der Waals surface area contributed by atoms with Crippen molar-refractivity contribution in [3.63, 3.8) is 0 Å². The number of carboxylic acid groups (broad SMARTS) is 2. The Kier molecular flexibility index (Phi) is 7.92.